The molecule has 1 fully saturated rings. The Morgan fingerprint density at radius 2 is 1.67 bits per heavy atom. The Bertz CT molecular complexity index is 1180. The van der Waals surface area contributed by atoms with Gasteiger partial charge in [0.05, 0.1) is 25.4 Å². The lowest BCUT2D eigenvalue weighted by Crippen LogP contribution is -2.51. The number of aldehydes is 1. The van der Waals surface area contributed by atoms with Crippen molar-refractivity contribution in [1.29, 1.82) is 0 Å². The lowest BCUT2D eigenvalue weighted by molar-refractivity contribution is -0.130. The van der Waals surface area contributed by atoms with E-state index >= 15 is 0 Å². The summed E-state index contributed by atoms with van der Waals surface area (Å²) in [5.41, 5.74) is 0. The van der Waals surface area contributed by atoms with E-state index in [1.165, 1.54) is 31.4 Å². The standard InChI is InChI=1S/C19H24N5O7P.C4H8.C3H8O2S/c25-10-12-11-32-24-18(29)9-21-19(30)14(7-13-3-2-6-31-13)23-17(28)8-20-15(26)4-1-5-16(27)22-12;1-4-2-3-4;1-3-6(2,4)5/h1-3,5-6,10,12,14,32H,4,7-9,11H2,(H,20,26)(H,21,30)(H,22,27)(H,23,28)(H,24,29);4H,2-3H2,1H3;3H2,1-2H3/t12-,14+;;/m1../s1. The van der Waals surface area contributed by atoms with Crippen LogP contribution in [0.4, 0.5) is 0 Å². The molecule has 5 N–H and O–H groups in total. The van der Waals surface area contributed by atoms with Gasteiger partial charge in [-0.3, -0.25) is 24.0 Å². The molecule has 1 aliphatic carbocycles. The van der Waals surface area contributed by atoms with Gasteiger partial charge in [0.25, 0.3) is 0 Å². The molecule has 2 aliphatic rings. The maximum absolute atomic E-state index is 12.5. The molecule has 234 valence electrons. The van der Waals surface area contributed by atoms with E-state index in [1.807, 2.05) is 0 Å². The third-order valence-corrected chi connectivity index (χ3v) is 7.66. The zero-order valence-corrected chi connectivity index (χ0v) is 25.8. The largest absolute Gasteiger partial charge is 0.469 e. The number of carbonyl (C=O) groups excluding carboxylic acids is 6. The van der Waals surface area contributed by atoms with Crippen molar-refractivity contribution in [3.63, 3.8) is 0 Å². The first-order valence-corrected chi connectivity index (χ1v) is 16.6. The van der Waals surface area contributed by atoms with Gasteiger partial charge in [0.15, 0.2) is 0 Å². The van der Waals surface area contributed by atoms with Crippen LogP contribution in [-0.4, -0.2) is 87.6 Å². The molecule has 0 saturated heterocycles. The number of nitrogens with one attached hydrogen (secondary N) is 5. The molecule has 3 rings (SSSR count). The Kier molecular flexibility index (Phi) is 16.9. The molecule has 3 atom stereocenters. The van der Waals surface area contributed by atoms with Crippen LogP contribution in [-0.2, 0) is 45.0 Å². The van der Waals surface area contributed by atoms with Crippen LogP contribution in [0.15, 0.2) is 35.0 Å². The van der Waals surface area contributed by atoms with Crippen molar-refractivity contribution >= 4 is 54.4 Å². The van der Waals surface area contributed by atoms with Crippen molar-refractivity contribution in [3.8, 4) is 0 Å². The van der Waals surface area contributed by atoms with Crippen molar-refractivity contribution < 1.29 is 41.6 Å². The van der Waals surface area contributed by atoms with E-state index in [0.29, 0.717) is 12.0 Å². The highest BCUT2D eigenvalue weighted by atomic mass is 32.2. The average Bonchev–Trinajstić information content (AvgIpc) is 3.54. The first-order chi connectivity index (χ1) is 19.8. The highest BCUT2D eigenvalue weighted by Gasteiger charge is 2.23. The minimum Gasteiger partial charge on any atom is -0.469 e. The molecule has 1 aliphatic heterocycles. The van der Waals surface area contributed by atoms with Crippen molar-refractivity contribution in [2.24, 2.45) is 5.92 Å². The number of rotatable bonds is 4. The Labute approximate surface area is 247 Å². The van der Waals surface area contributed by atoms with Crippen LogP contribution in [0.2, 0.25) is 0 Å². The van der Waals surface area contributed by atoms with Gasteiger partial charge in [0.1, 0.15) is 27.9 Å². The molecule has 42 heavy (non-hydrogen) atoms. The summed E-state index contributed by atoms with van der Waals surface area (Å²) >= 11 is 0. The molecule has 5 amide bonds. The van der Waals surface area contributed by atoms with Gasteiger partial charge in [-0.2, -0.15) is 0 Å². The van der Waals surface area contributed by atoms with Gasteiger partial charge in [-0.25, -0.2) is 8.42 Å². The van der Waals surface area contributed by atoms with Gasteiger partial charge in [0.2, 0.25) is 29.5 Å². The van der Waals surface area contributed by atoms with E-state index < -0.39 is 58.0 Å². The van der Waals surface area contributed by atoms with Gasteiger partial charge < -0.3 is 35.6 Å². The smallest absolute Gasteiger partial charge is 0.244 e. The van der Waals surface area contributed by atoms with Crippen LogP contribution in [0.5, 0.6) is 0 Å². The lowest BCUT2D eigenvalue weighted by Gasteiger charge is -2.18. The minimum absolute atomic E-state index is 0.0411. The Morgan fingerprint density at radius 3 is 2.21 bits per heavy atom. The van der Waals surface area contributed by atoms with Crippen LogP contribution in [0.1, 0.15) is 38.9 Å². The Balaban J connectivity index is 0.000000744. The molecule has 0 spiro atoms. The Hall–Kier alpha value is -3.58. The van der Waals surface area contributed by atoms with Crippen molar-refractivity contribution in [2.45, 2.75) is 51.6 Å². The molecule has 16 heteroatoms. The first kappa shape index (κ1) is 36.4. The monoisotopic (exact) mass is 629 g/mol. The summed E-state index contributed by atoms with van der Waals surface area (Å²) in [7, 11) is -2.85. The number of hydrogen-bond donors (Lipinski definition) is 5. The summed E-state index contributed by atoms with van der Waals surface area (Å²) in [6, 6.07) is 1.40. The number of furan rings is 1. The van der Waals surface area contributed by atoms with E-state index in [9.17, 15) is 37.2 Å². The fourth-order valence-corrected chi connectivity index (χ4v) is 3.54. The van der Waals surface area contributed by atoms with Crippen LogP contribution in [0.3, 0.4) is 0 Å². The zero-order valence-electron chi connectivity index (χ0n) is 23.9. The second kappa shape index (κ2) is 19.5. The second-order valence-corrected chi connectivity index (χ2v) is 13.0. The summed E-state index contributed by atoms with van der Waals surface area (Å²) in [5, 5.41) is 12.3. The molecule has 1 unspecified atom stereocenters. The predicted octanol–water partition coefficient (Wildman–Crippen LogP) is -0.640. The first-order valence-electron chi connectivity index (χ1n) is 13.3. The number of amides is 5. The van der Waals surface area contributed by atoms with Crippen molar-refractivity contribution in [3.05, 3.63) is 36.3 Å². The molecule has 0 radical (unpaired) electrons. The Morgan fingerprint density at radius 1 is 1.02 bits per heavy atom. The zero-order chi connectivity index (χ0) is 31.5. The predicted molar refractivity (Wildman–Crippen MR) is 157 cm³/mol. The van der Waals surface area contributed by atoms with Crippen LogP contribution in [0, 0.1) is 5.92 Å². The third-order valence-electron chi connectivity index (χ3n) is 5.51. The van der Waals surface area contributed by atoms with E-state index in [0.717, 1.165) is 12.0 Å². The normalized spacial score (nSPS) is 21.6. The average molecular weight is 630 g/mol. The summed E-state index contributed by atoms with van der Waals surface area (Å²) in [5.74, 6) is -1.05. The van der Waals surface area contributed by atoms with Crippen LogP contribution in [0.25, 0.3) is 0 Å². The molecule has 0 bridgehead atoms. The van der Waals surface area contributed by atoms with Gasteiger partial charge >= 0.3 is 0 Å². The lowest BCUT2D eigenvalue weighted by atomic mass is 10.1. The van der Waals surface area contributed by atoms with E-state index in [4.69, 9.17) is 4.42 Å². The molecule has 0 aromatic carbocycles. The number of carbonyl (C=O) groups is 6. The molecular weight excluding hydrogens is 589 g/mol. The fraction of sp³-hybridized carbons (Fsp3) is 0.538. The molecule has 14 nitrogen and oxygen atoms in total. The highest BCUT2D eigenvalue weighted by molar-refractivity contribution is 7.90. The van der Waals surface area contributed by atoms with Gasteiger partial charge in [-0.05, 0) is 32.9 Å². The molecule has 2 heterocycles. The van der Waals surface area contributed by atoms with Crippen LogP contribution >= 0.6 is 8.73 Å². The minimum atomic E-state index is -2.66. The fourth-order valence-electron chi connectivity index (χ4n) is 2.73. The topological polar surface area (TPSA) is 210 Å². The summed E-state index contributed by atoms with van der Waals surface area (Å²) in [6.07, 6.45) is 8.59. The quantitative estimate of drug-likeness (QED) is 0.212. The SMILES string of the molecule is CC1CC1.CCS(C)(=O)=O.O=C[C@@H]1CPNC(=O)CNC(=O)[C@H](Cc2ccco2)NC(=O)CNC(=O)CC=CC(=O)N1. The molecule has 1 aromatic rings. The van der Waals surface area contributed by atoms with E-state index in [2.05, 4.69) is 33.3 Å². The van der Waals surface area contributed by atoms with E-state index in [1.54, 1.807) is 19.1 Å². The highest BCUT2D eigenvalue weighted by Crippen LogP contribution is 2.26. The summed E-state index contributed by atoms with van der Waals surface area (Å²) < 4.78 is 25.2. The van der Waals surface area contributed by atoms with Crippen molar-refractivity contribution in [1.82, 2.24) is 26.4 Å². The summed E-state index contributed by atoms with van der Waals surface area (Å²) in [4.78, 5) is 71.5. The van der Waals surface area contributed by atoms with E-state index in [-0.39, 0.29) is 40.0 Å². The number of sulfone groups is 1. The maximum Gasteiger partial charge on any atom is 0.244 e. The van der Waals surface area contributed by atoms with Crippen LogP contribution < -0.4 is 26.4 Å². The maximum atomic E-state index is 12.5. The van der Waals surface area contributed by atoms with Crippen molar-refractivity contribution in [2.75, 3.05) is 31.3 Å². The summed E-state index contributed by atoms with van der Waals surface area (Å²) in [6.45, 7) is 3.15. The molecular formula is C26H40N5O9PS. The second-order valence-electron chi connectivity index (χ2n) is 9.58. The third kappa shape index (κ3) is 18.7. The van der Waals surface area contributed by atoms with Gasteiger partial charge in [-0.15, -0.1) is 0 Å². The molecule has 1 saturated carbocycles. The molecule has 1 aromatic heterocycles. The van der Waals surface area contributed by atoms with Gasteiger partial charge in [-0.1, -0.05) is 32.8 Å². The number of hydrogen-bond acceptors (Lipinski definition) is 9. The van der Waals surface area contributed by atoms with Gasteiger partial charge in [0, 0.05) is 31.0 Å².